The van der Waals surface area contributed by atoms with E-state index in [4.69, 9.17) is 0 Å². The van der Waals surface area contributed by atoms with Crippen LogP contribution < -0.4 is 0 Å². The number of rotatable bonds is 1. The summed E-state index contributed by atoms with van der Waals surface area (Å²) in [5.74, 6) is 0. The van der Waals surface area contributed by atoms with Crippen molar-refractivity contribution in [2.75, 3.05) is 0 Å². The van der Waals surface area contributed by atoms with Gasteiger partial charge in [0.05, 0.1) is 5.60 Å². The van der Waals surface area contributed by atoms with Crippen molar-refractivity contribution >= 4 is 11.8 Å². The van der Waals surface area contributed by atoms with E-state index in [2.05, 4.69) is 43.8 Å². The standard InChI is InChI=1S/C15H20OS/c1-10-5-11(2)7-12(6-10)15(16)8-13-3-4-14(9-15)17-13/h5-7,13-14,16H,3-4,8-9H2,1-2H3. The summed E-state index contributed by atoms with van der Waals surface area (Å²) in [6, 6.07) is 6.52. The molecule has 1 aromatic rings. The average molecular weight is 248 g/mol. The second-order valence-electron chi connectivity index (χ2n) is 5.77. The topological polar surface area (TPSA) is 20.2 Å². The molecule has 92 valence electrons. The predicted octanol–water partition coefficient (Wildman–Crippen LogP) is 3.55. The normalized spacial score (nSPS) is 36.2. The van der Waals surface area contributed by atoms with E-state index in [1.807, 2.05) is 0 Å². The molecule has 1 N–H and O–H groups in total. The van der Waals surface area contributed by atoms with Crippen molar-refractivity contribution in [3.05, 3.63) is 34.9 Å². The van der Waals surface area contributed by atoms with Gasteiger partial charge in [-0.25, -0.2) is 0 Å². The third-order valence-corrected chi connectivity index (χ3v) is 5.66. The Hall–Kier alpha value is -0.470. The first kappa shape index (κ1) is 11.6. The molecule has 2 bridgehead atoms. The fourth-order valence-electron chi connectivity index (χ4n) is 3.40. The summed E-state index contributed by atoms with van der Waals surface area (Å²) in [4.78, 5) is 0. The van der Waals surface area contributed by atoms with Gasteiger partial charge in [0.25, 0.3) is 0 Å². The highest BCUT2D eigenvalue weighted by atomic mass is 32.2. The van der Waals surface area contributed by atoms with Crippen LogP contribution >= 0.6 is 11.8 Å². The van der Waals surface area contributed by atoms with Crippen molar-refractivity contribution in [2.24, 2.45) is 0 Å². The van der Waals surface area contributed by atoms with Crippen LogP contribution in [0.1, 0.15) is 42.4 Å². The zero-order chi connectivity index (χ0) is 12.0. The number of aliphatic hydroxyl groups is 1. The van der Waals surface area contributed by atoms with Gasteiger partial charge >= 0.3 is 0 Å². The molecule has 0 aliphatic carbocycles. The largest absolute Gasteiger partial charge is 0.385 e. The zero-order valence-electron chi connectivity index (χ0n) is 10.6. The van der Waals surface area contributed by atoms with Crippen LogP contribution in [-0.4, -0.2) is 15.6 Å². The van der Waals surface area contributed by atoms with Gasteiger partial charge in [-0.15, -0.1) is 0 Å². The first-order valence-electron chi connectivity index (χ1n) is 6.52. The Morgan fingerprint density at radius 3 is 2.12 bits per heavy atom. The summed E-state index contributed by atoms with van der Waals surface area (Å²) >= 11 is 2.10. The number of thioether (sulfide) groups is 1. The SMILES string of the molecule is Cc1cc(C)cc(C2(O)CC3CCC(C2)S3)c1. The average Bonchev–Trinajstić information content (AvgIpc) is 2.57. The van der Waals surface area contributed by atoms with Gasteiger partial charge in [-0.2, -0.15) is 11.8 Å². The van der Waals surface area contributed by atoms with Gasteiger partial charge in [-0.05, 0) is 45.1 Å². The van der Waals surface area contributed by atoms with Gasteiger partial charge in [-0.1, -0.05) is 29.3 Å². The second kappa shape index (κ2) is 4.03. The van der Waals surface area contributed by atoms with Crippen LogP contribution in [0.3, 0.4) is 0 Å². The Morgan fingerprint density at radius 1 is 1.06 bits per heavy atom. The molecule has 2 aliphatic rings. The Kier molecular flexibility index (Phi) is 2.75. The van der Waals surface area contributed by atoms with Crippen molar-refractivity contribution in [1.29, 1.82) is 0 Å². The van der Waals surface area contributed by atoms with Crippen LogP contribution in [0.2, 0.25) is 0 Å². The maximum atomic E-state index is 11.0. The molecule has 1 aromatic carbocycles. The van der Waals surface area contributed by atoms with Crippen LogP contribution in [0.5, 0.6) is 0 Å². The molecular weight excluding hydrogens is 228 g/mol. The van der Waals surface area contributed by atoms with Crippen molar-refractivity contribution in [3.63, 3.8) is 0 Å². The zero-order valence-corrected chi connectivity index (χ0v) is 11.4. The Balaban J connectivity index is 1.96. The molecule has 0 spiro atoms. The number of hydrogen-bond acceptors (Lipinski definition) is 2. The lowest BCUT2D eigenvalue weighted by molar-refractivity contribution is 0.0195. The first-order valence-corrected chi connectivity index (χ1v) is 7.46. The van der Waals surface area contributed by atoms with Crippen LogP contribution in [-0.2, 0) is 5.60 Å². The molecule has 0 aromatic heterocycles. The van der Waals surface area contributed by atoms with Crippen molar-refractivity contribution < 1.29 is 5.11 Å². The van der Waals surface area contributed by atoms with Crippen molar-refractivity contribution in [1.82, 2.24) is 0 Å². The van der Waals surface area contributed by atoms with E-state index in [0.29, 0.717) is 10.5 Å². The second-order valence-corrected chi connectivity index (χ2v) is 7.38. The number of aryl methyl sites for hydroxylation is 2. The van der Waals surface area contributed by atoms with Crippen LogP contribution in [0.4, 0.5) is 0 Å². The van der Waals surface area contributed by atoms with Gasteiger partial charge in [0, 0.05) is 10.5 Å². The lowest BCUT2D eigenvalue weighted by Gasteiger charge is -2.36. The monoisotopic (exact) mass is 248 g/mol. The summed E-state index contributed by atoms with van der Waals surface area (Å²) < 4.78 is 0. The number of fused-ring (bicyclic) bond motifs is 2. The minimum absolute atomic E-state index is 0.562. The molecule has 2 saturated heterocycles. The quantitative estimate of drug-likeness (QED) is 0.820. The lowest BCUT2D eigenvalue weighted by Crippen LogP contribution is -2.34. The highest BCUT2D eigenvalue weighted by Gasteiger charge is 2.44. The van der Waals surface area contributed by atoms with E-state index in [-0.39, 0.29) is 0 Å². The van der Waals surface area contributed by atoms with Gasteiger partial charge in [0.15, 0.2) is 0 Å². The van der Waals surface area contributed by atoms with E-state index >= 15 is 0 Å². The third-order valence-electron chi connectivity index (χ3n) is 4.09. The molecule has 0 radical (unpaired) electrons. The molecule has 3 rings (SSSR count). The molecule has 2 unspecified atom stereocenters. The fraction of sp³-hybridized carbons (Fsp3) is 0.600. The fourth-order valence-corrected chi connectivity index (χ4v) is 5.23. The number of hydrogen-bond donors (Lipinski definition) is 1. The van der Waals surface area contributed by atoms with Gasteiger partial charge in [0.1, 0.15) is 0 Å². The first-order chi connectivity index (χ1) is 8.05. The van der Waals surface area contributed by atoms with Crippen LogP contribution in [0.15, 0.2) is 18.2 Å². The van der Waals surface area contributed by atoms with Gasteiger partial charge < -0.3 is 5.11 Å². The van der Waals surface area contributed by atoms with Crippen LogP contribution in [0, 0.1) is 13.8 Å². The molecule has 17 heavy (non-hydrogen) atoms. The molecular formula is C15H20OS. The van der Waals surface area contributed by atoms with E-state index in [0.717, 1.165) is 18.4 Å². The molecule has 0 amide bonds. The maximum absolute atomic E-state index is 11.0. The Labute approximate surface area is 108 Å². The summed E-state index contributed by atoms with van der Waals surface area (Å²) in [5, 5.41) is 12.3. The van der Waals surface area contributed by atoms with Crippen molar-refractivity contribution in [2.45, 2.75) is 55.6 Å². The predicted molar refractivity (Wildman–Crippen MR) is 73.4 cm³/mol. The van der Waals surface area contributed by atoms with Gasteiger partial charge in [-0.3, -0.25) is 0 Å². The molecule has 2 heterocycles. The molecule has 1 nitrogen and oxygen atoms in total. The summed E-state index contributed by atoms with van der Waals surface area (Å²) in [5.41, 5.74) is 3.11. The van der Waals surface area contributed by atoms with Crippen molar-refractivity contribution in [3.8, 4) is 0 Å². The highest BCUT2D eigenvalue weighted by molar-refractivity contribution is 8.00. The highest BCUT2D eigenvalue weighted by Crippen LogP contribution is 2.51. The van der Waals surface area contributed by atoms with E-state index < -0.39 is 5.60 Å². The summed E-state index contributed by atoms with van der Waals surface area (Å²) in [6.45, 7) is 4.23. The van der Waals surface area contributed by atoms with Crippen LogP contribution in [0.25, 0.3) is 0 Å². The molecule has 2 atom stereocenters. The Bertz CT molecular complexity index is 408. The summed E-state index contributed by atoms with van der Waals surface area (Å²) in [7, 11) is 0. The van der Waals surface area contributed by atoms with Gasteiger partial charge in [0.2, 0.25) is 0 Å². The minimum atomic E-state index is -0.562. The lowest BCUT2D eigenvalue weighted by atomic mass is 9.84. The molecule has 2 fully saturated rings. The minimum Gasteiger partial charge on any atom is -0.385 e. The molecule has 0 saturated carbocycles. The third kappa shape index (κ3) is 2.13. The van der Waals surface area contributed by atoms with E-state index in [1.54, 1.807) is 0 Å². The molecule has 2 aliphatic heterocycles. The molecule has 2 heteroatoms. The summed E-state index contributed by atoms with van der Waals surface area (Å²) in [6.07, 6.45) is 4.47. The maximum Gasteiger partial charge on any atom is 0.0917 e. The smallest absolute Gasteiger partial charge is 0.0917 e. The number of benzene rings is 1. The Morgan fingerprint density at radius 2 is 1.59 bits per heavy atom. The van der Waals surface area contributed by atoms with E-state index in [1.165, 1.54) is 24.0 Å². The van der Waals surface area contributed by atoms with E-state index in [9.17, 15) is 5.11 Å².